The molecule has 4 aromatic rings. The van der Waals surface area contributed by atoms with Gasteiger partial charge in [-0.1, -0.05) is 32.9 Å². The standard InChI is InChI=1S/C23H25N5O2S/c1-13(2)15-5-7-16(8-6-15)25-19(29)11-27-23(30)26-21-20-17-9-4-14(3)10-18(17)31-22(20)24-12-28(21)27/h5-8,12-14H,4,9-11H2,1-3H3,(H,25,29)/t14-/m0/s1. The lowest BCUT2D eigenvalue weighted by molar-refractivity contribution is -0.117. The number of aryl methyl sites for hydroxylation is 1. The van der Waals surface area contributed by atoms with Crippen LogP contribution in [0, 0.1) is 5.92 Å². The number of fused-ring (bicyclic) bond motifs is 5. The lowest BCUT2D eigenvalue weighted by Gasteiger charge is -2.17. The van der Waals surface area contributed by atoms with Crippen LogP contribution in [0.3, 0.4) is 0 Å². The Bertz CT molecular complexity index is 1350. The highest BCUT2D eigenvalue weighted by atomic mass is 32.1. The molecule has 0 saturated heterocycles. The van der Waals surface area contributed by atoms with Crippen molar-refractivity contribution >= 4 is 38.8 Å². The second kappa shape index (κ2) is 7.60. The highest BCUT2D eigenvalue weighted by Gasteiger charge is 2.24. The summed E-state index contributed by atoms with van der Waals surface area (Å²) in [5.41, 5.74) is 3.33. The zero-order valence-corrected chi connectivity index (χ0v) is 18.7. The van der Waals surface area contributed by atoms with E-state index < -0.39 is 5.69 Å². The van der Waals surface area contributed by atoms with Crippen molar-refractivity contribution in [2.75, 3.05) is 5.32 Å². The third-order valence-electron chi connectivity index (χ3n) is 6.06. The summed E-state index contributed by atoms with van der Waals surface area (Å²) in [7, 11) is 0. The smallest absolute Gasteiger partial charge is 0.324 e. The van der Waals surface area contributed by atoms with Crippen LogP contribution in [0.25, 0.3) is 15.9 Å². The maximum atomic E-state index is 12.7. The molecule has 0 bridgehead atoms. The summed E-state index contributed by atoms with van der Waals surface area (Å²) in [5.74, 6) is 0.814. The van der Waals surface area contributed by atoms with Crippen LogP contribution in [-0.4, -0.2) is 25.1 Å². The molecule has 0 aliphatic heterocycles. The Morgan fingerprint density at radius 1 is 1.29 bits per heavy atom. The number of hydrogen-bond donors (Lipinski definition) is 1. The van der Waals surface area contributed by atoms with Crippen LogP contribution in [-0.2, 0) is 24.2 Å². The second-order valence-electron chi connectivity index (χ2n) is 8.72. The topological polar surface area (TPSA) is 81.3 Å². The van der Waals surface area contributed by atoms with Crippen LogP contribution >= 0.6 is 11.3 Å². The van der Waals surface area contributed by atoms with Gasteiger partial charge < -0.3 is 5.32 Å². The number of anilines is 1. The Hall–Kier alpha value is -3.00. The summed E-state index contributed by atoms with van der Waals surface area (Å²) < 4.78 is 2.96. The number of carbonyl (C=O) groups is 1. The molecule has 3 heterocycles. The maximum absolute atomic E-state index is 12.7. The van der Waals surface area contributed by atoms with Gasteiger partial charge in [-0.25, -0.2) is 19.0 Å². The van der Waals surface area contributed by atoms with E-state index in [0.717, 1.165) is 29.5 Å². The molecule has 1 aromatic carbocycles. The van der Waals surface area contributed by atoms with Gasteiger partial charge in [-0.3, -0.25) is 4.79 Å². The summed E-state index contributed by atoms with van der Waals surface area (Å²) in [5, 5.41) is 3.83. The van der Waals surface area contributed by atoms with Gasteiger partial charge in [-0.2, -0.15) is 4.98 Å². The number of benzene rings is 1. The fourth-order valence-corrected chi connectivity index (χ4v) is 5.64. The zero-order valence-electron chi connectivity index (χ0n) is 17.9. The Kier molecular flexibility index (Phi) is 4.89. The summed E-state index contributed by atoms with van der Waals surface area (Å²) in [6.45, 7) is 6.40. The average molecular weight is 436 g/mol. The summed E-state index contributed by atoms with van der Waals surface area (Å²) in [6.07, 6.45) is 4.75. The third kappa shape index (κ3) is 3.54. The zero-order chi connectivity index (χ0) is 21.7. The largest absolute Gasteiger partial charge is 0.365 e. The molecule has 0 saturated carbocycles. The van der Waals surface area contributed by atoms with Crippen molar-refractivity contribution in [3.05, 3.63) is 57.1 Å². The molecule has 160 valence electrons. The van der Waals surface area contributed by atoms with Gasteiger partial charge in [0.1, 0.15) is 17.7 Å². The molecule has 1 atom stereocenters. The molecule has 0 unspecified atom stereocenters. The van der Waals surface area contributed by atoms with Gasteiger partial charge in [-0.15, -0.1) is 11.3 Å². The van der Waals surface area contributed by atoms with Crippen molar-refractivity contribution in [3.8, 4) is 0 Å². The number of thiophene rings is 1. The second-order valence-corrected chi connectivity index (χ2v) is 9.81. The fourth-order valence-electron chi connectivity index (χ4n) is 4.29. The van der Waals surface area contributed by atoms with Crippen LogP contribution in [0.15, 0.2) is 35.4 Å². The first-order chi connectivity index (χ1) is 14.9. The summed E-state index contributed by atoms with van der Waals surface area (Å²) in [4.78, 5) is 36.4. The number of amides is 1. The van der Waals surface area contributed by atoms with Gasteiger partial charge in [-0.05, 0) is 54.4 Å². The van der Waals surface area contributed by atoms with E-state index in [2.05, 4.69) is 36.1 Å². The number of hydrogen-bond acceptors (Lipinski definition) is 5. The molecular formula is C23H25N5O2S. The monoisotopic (exact) mass is 435 g/mol. The predicted octanol–water partition coefficient (Wildman–Crippen LogP) is 3.99. The first-order valence-corrected chi connectivity index (χ1v) is 11.5. The number of carbonyl (C=O) groups excluding carboxylic acids is 1. The van der Waals surface area contributed by atoms with Crippen molar-refractivity contribution in [2.24, 2.45) is 5.92 Å². The van der Waals surface area contributed by atoms with Crippen molar-refractivity contribution in [3.63, 3.8) is 0 Å². The lowest BCUT2D eigenvalue weighted by Crippen LogP contribution is -2.28. The fraction of sp³-hybridized carbons (Fsp3) is 0.391. The van der Waals surface area contributed by atoms with Crippen LogP contribution in [0.4, 0.5) is 5.69 Å². The first kappa shape index (κ1) is 19.9. The van der Waals surface area contributed by atoms with E-state index in [1.54, 1.807) is 22.2 Å². The highest BCUT2D eigenvalue weighted by Crippen LogP contribution is 2.38. The van der Waals surface area contributed by atoms with E-state index in [1.807, 2.05) is 24.3 Å². The molecule has 0 spiro atoms. The van der Waals surface area contributed by atoms with Gasteiger partial charge in [0.05, 0.1) is 5.39 Å². The van der Waals surface area contributed by atoms with Crippen LogP contribution in [0.2, 0.25) is 0 Å². The van der Waals surface area contributed by atoms with Crippen molar-refractivity contribution < 1.29 is 4.79 Å². The average Bonchev–Trinajstić information content (AvgIpc) is 3.25. The van der Waals surface area contributed by atoms with E-state index >= 15 is 0 Å². The third-order valence-corrected chi connectivity index (χ3v) is 7.22. The Labute approximate surface area is 183 Å². The SMILES string of the molecule is CC(C)c1ccc(NC(=O)Cn2c(=O)nc3c4c5c(sc4ncn32)C[C@@H](C)CC5)cc1. The maximum Gasteiger partial charge on any atom is 0.365 e. The number of aromatic nitrogens is 4. The van der Waals surface area contributed by atoms with E-state index in [0.29, 0.717) is 23.2 Å². The molecule has 7 nitrogen and oxygen atoms in total. The minimum absolute atomic E-state index is 0.123. The Morgan fingerprint density at radius 3 is 2.81 bits per heavy atom. The molecule has 1 aliphatic carbocycles. The summed E-state index contributed by atoms with van der Waals surface area (Å²) >= 11 is 1.70. The number of nitrogens with zero attached hydrogens (tertiary/aromatic N) is 4. The molecule has 5 rings (SSSR count). The highest BCUT2D eigenvalue weighted by molar-refractivity contribution is 7.19. The molecule has 0 radical (unpaired) electrons. The minimum atomic E-state index is -0.441. The van der Waals surface area contributed by atoms with Crippen LogP contribution in [0.5, 0.6) is 0 Å². The van der Waals surface area contributed by atoms with Crippen molar-refractivity contribution in [1.82, 2.24) is 19.2 Å². The molecule has 0 fully saturated rings. The minimum Gasteiger partial charge on any atom is -0.324 e. The van der Waals surface area contributed by atoms with E-state index in [-0.39, 0.29) is 12.5 Å². The van der Waals surface area contributed by atoms with E-state index in [9.17, 15) is 9.59 Å². The quantitative estimate of drug-likeness (QED) is 0.525. The Morgan fingerprint density at radius 2 is 2.06 bits per heavy atom. The number of rotatable bonds is 4. The summed E-state index contributed by atoms with van der Waals surface area (Å²) in [6, 6.07) is 7.77. The molecule has 1 amide bonds. The van der Waals surface area contributed by atoms with Gasteiger partial charge in [0, 0.05) is 10.6 Å². The van der Waals surface area contributed by atoms with Crippen LogP contribution in [0.1, 0.15) is 49.1 Å². The molecule has 1 N–H and O–H groups in total. The van der Waals surface area contributed by atoms with Gasteiger partial charge in [0.2, 0.25) is 5.91 Å². The van der Waals surface area contributed by atoms with Gasteiger partial charge in [0.25, 0.3) is 0 Å². The van der Waals surface area contributed by atoms with Gasteiger partial charge in [0.15, 0.2) is 5.65 Å². The molecule has 1 aliphatic rings. The predicted molar refractivity (Wildman–Crippen MR) is 123 cm³/mol. The van der Waals surface area contributed by atoms with Crippen molar-refractivity contribution in [2.45, 2.75) is 52.5 Å². The van der Waals surface area contributed by atoms with Crippen molar-refractivity contribution in [1.29, 1.82) is 0 Å². The normalized spacial score (nSPS) is 16.2. The molecule has 8 heteroatoms. The van der Waals surface area contributed by atoms with Gasteiger partial charge >= 0.3 is 5.69 Å². The molecule has 3 aromatic heterocycles. The Balaban J connectivity index is 1.46. The first-order valence-electron chi connectivity index (χ1n) is 10.7. The van der Waals surface area contributed by atoms with E-state index in [1.165, 1.54) is 20.7 Å². The van der Waals surface area contributed by atoms with E-state index in [4.69, 9.17) is 0 Å². The molecule has 31 heavy (non-hydrogen) atoms. The lowest BCUT2D eigenvalue weighted by atomic mass is 9.89. The van der Waals surface area contributed by atoms with Crippen LogP contribution < -0.4 is 11.0 Å². The number of nitrogens with one attached hydrogen (secondary N) is 1. The molecular weight excluding hydrogens is 410 g/mol.